The van der Waals surface area contributed by atoms with Crippen LogP contribution in [0.4, 0.5) is 0 Å². The molecule has 10 aromatic rings. The van der Waals surface area contributed by atoms with E-state index in [1.54, 1.807) is 0 Å². The van der Waals surface area contributed by atoms with Crippen LogP contribution in [0.25, 0.3) is 66.5 Å². The van der Waals surface area contributed by atoms with Crippen LogP contribution in [0.3, 0.4) is 0 Å². The fraction of sp³-hybridized carbons (Fsp3) is 0.0938. The molecule has 1 atom stereocenters. The largest absolute Gasteiger partial charge is 0.276 e. The summed E-state index contributed by atoms with van der Waals surface area (Å²) >= 11 is 0. The van der Waals surface area contributed by atoms with E-state index < -0.39 is 13.3 Å². The summed E-state index contributed by atoms with van der Waals surface area (Å²) in [5.41, 5.74) is 16.5. The van der Waals surface area contributed by atoms with Crippen molar-refractivity contribution in [2.45, 2.75) is 39.5 Å². The van der Waals surface area contributed by atoms with Crippen molar-refractivity contribution in [2.24, 2.45) is 0 Å². The monoisotopic (exact) mass is 893 g/mol. The van der Waals surface area contributed by atoms with Crippen LogP contribution >= 0.6 is 7.92 Å². The maximum atomic E-state index is 5.32. The van der Waals surface area contributed by atoms with E-state index in [1.165, 1.54) is 60.4 Å². The van der Waals surface area contributed by atoms with Crippen molar-refractivity contribution in [3.8, 4) is 33.4 Å². The Bertz CT molecular complexity index is 3580. The minimum atomic E-state index is -0.711. The number of imidazole rings is 1. The van der Waals surface area contributed by atoms with E-state index in [1.807, 2.05) is 6.92 Å². The molecule has 328 valence electrons. The van der Waals surface area contributed by atoms with Gasteiger partial charge < -0.3 is 0 Å². The van der Waals surface area contributed by atoms with Gasteiger partial charge in [0.2, 0.25) is 0 Å². The summed E-state index contributed by atoms with van der Waals surface area (Å²) in [6.07, 6.45) is 14.2. The van der Waals surface area contributed by atoms with Crippen LogP contribution in [0.2, 0.25) is 0 Å². The van der Waals surface area contributed by atoms with E-state index >= 15 is 0 Å². The highest BCUT2D eigenvalue weighted by molar-refractivity contribution is 7.77. The average Bonchev–Trinajstić information content (AvgIpc) is 3.93. The lowest BCUT2D eigenvalue weighted by atomic mass is 9.67. The number of hydrogen-bond acceptors (Lipinski definition) is 2. The summed E-state index contributed by atoms with van der Waals surface area (Å²) in [5.74, 6) is 0.885. The summed E-state index contributed by atoms with van der Waals surface area (Å²) in [6, 6.07) is 71.9. The minimum Gasteiger partial charge on any atom is -0.276 e. The van der Waals surface area contributed by atoms with E-state index in [-0.39, 0.29) is 0 Å². The molecule has 3 nitrogen and oxygen atoms in total. The smallest absolute Gasteiger partial charge is 0.149 e. The Morgan fingerprint density at radius 2 is 1.07 bits per heavy atom. The van der Waals surface area contributed by atoms with Crippen molar-refractivity contribution in [1.82, 2.24) is 14.4 Å². The van der Waals surface area contributed by atoms with Crippen molar-refractivity contribution in [1.29, 1.82) is 0 Å². The summed E-state index contributed by atoms with van der Waals surface area (Å²) in [4.78, 5) is 10.6. The van der Waals surface area contributed by atoms with Gasteiger partial charge in [0.15, 0.2) is 0 Å². The molecule has 0 aliphatic heterocycles. The molecule has 1 aliphatic rings. The standard InChI is InChI=1S/C64H52N3P/c1-5-20-44(8-4)62-65-59-40-35-46(41-56(59)63-66-60-29-18-19-30-61(60)67(62)63)48-34-39-55-54-38-33-47(42-57(54)64(58(55)43-48,49-23-12-9-13-24-49)50-25-14-10-15-26-50)45-31-36-53(37-32-45)68(51(21-6-2)22-7-3)52-27-16-11-17-28-52/h5-6,8-43H,7H2,1-4H3/b20-5-,21-6-,44-8+,51-22+. The third-order valence-electron chi connectivity index (χ3n) is 13.5. The van der Waals surface area contributed by atoms with Crippen molar-refractivity contribution in [3.05, 3.63) is 264 Å². The number of para-hydroxylation sites is 2. The van der Waals surface area contributed by atoms with Crippen molar-refractivity contribution < 1.29 is 0 Å². The van der Waals surface area contributed by atoms with Crippen LogP contribution in [0.15, 0.2) is 236 Å². The number of hydrogen-bond donors (Lipinski definition) is 0. The number of allylic oxidation sites excluding steroid dienone is 8. The van der Waals surface area contributed by atoms with Gasteiger partial charge in [-0.15, -0.1) is 0 Å². The fourth-order valence-electron chi connectivity index (χ4n) is 10.5. The molecule has 0 radical (unpaired) electrons. The zero-order chi connectivity index (χ0) is 46.2. The highest BCUT2D eigenvalue weighted by Gasteiger charge is 2.46. The molecule has 68 heavy (non-hydrogen) atoms. The van der Waals surface area contributed by atoms with Gasteiger partial charge in [0.1, 0.15) is 11.5 Å². The molecule has 0 spiro atoms. The predicted octanol–water partition coefficient (Wildman–Crippen LogP) is 16.0. The molecule has 2 heterocycles. The summed E-state index contributed by atoms with van der Waals surface area (Å²) in [7, 11) is -0.711. The Morgan fingerprint density at radius 3 is 1.69 bits per heavy atom. The molecule has 1 unspecified atom stereocenters. The molecule has 0 fully saturated rings. The first-order valence-electron chi connectivity index (χ1n) is 23.7. The molecular formula is C64H52N3P. The van der Waals surface area contributed by atoms with Gasteiger partial charge in [0.05, 0.1) is 22.0 Å². The number of benzene rings is 8. The first-order chi connectivity index (χ1) is 33.5. The van der Waals surface area contributed by atoms with Gasteiger partial charge in [0.25, 0.3) is 0 Å². The van der Waals surface area contributed by atoms with Crippen molar-refractivity contribution in [3.63, 3.8) is 0 Å². The lowest BCUT2D eigenvalue weighted by molar-refractivity contribution is 0.769. The van der Waals surface area contributed by atoms with Crippen LogP contribution in [-0.4, -0.2) is 14.4 Å². The van der Waals surface area contributed by atoms with E-state index in [0.717, 1.165) is 56.5 Å². The molecule has 4 heteroatoms. The van der Waals surface area contributed by atoms with Crippen molar-refractivity contribution >= 4 is 51.7 Å². The van der Waals surface area contributed by atoms with Gasteiger partial charge in [0, 0.05) is 11.0 Å². The third kappa shape index (κ3) is 7.18. The Balaban J connectivity index is 1.08. The molecule has 11 rings (SSSR count). The second-order valence-electron chi connectivity index (χ2n) is 17.4. The number of rotatable bonds is 11. The summed E-state index contributed by atoms with van der Waals surface area (Å²) in [5, 5.41) is 5.11. The number of fused-ring (bicyclic) bond motifs is 8. The van der Waals surface area contributed by atoms with Crippen LogP contribution < -0.4 is 10.6 Å². The van der Waals surface area contributed by atoms with Gasteiger partial charge in [-0.25, -0.2) is 9.97 Å². The first kappa shape index (κ1) is 42.9. The van der Waals surface area contributed by atoms with Crippen molar-refractivity contribution in [2.75, 3.05) is 0 Å². The third-order valence-corrected chi connectivity index (χ3v) is 16.0. The van der Waals surface area contributed by atoms with Gasteiger partial charge in [-0.3, -0.25) is 4.40 Å². The zero-order valence-electron chi connectivity index (χ0n) is 38.9. The maximum absolute atomic E-state index is 5.32. The van der Waals surface area contributed by atoms with Gasteiger partial charge in [-0.05, 0) is 143 Å². The van der Waals surface area contributed by atoms with E-state index in [9.17, 15) is 0 Å². The summed E-state index contributed by atoms with van der Waals surface area (Å²) < 4.78 is 2.23. The van der Waals surface area contributed by atoms with Gasteiger partial charge >= 0.3 is 0 Å². The van der Waals surface area contributed by atoms with Gasteiger partial charge in [-0.2, -0.15) is 0 Å². The van der Waals surface area contributed by atoms with E-state index in [0.29, 0.717) is 0 Å². The lowest BCUT2D eigenvalue weighted by Crippen LogP contribution is -2.28. The first-order valence-corrected chi connectivity index (χ1v) is 25.1. The minimum absolute atomic E-state index is 0.579. The molecule has 0 saturated carbocycles. The second-order valence-corrected chi connectivity index (χ2v) is 19.6. The zero-order valence-corrected chi connectivity index (χ0v) is 39.8. The second kappa shape index (κ2) is 18.2. The average molecular weight is 894 g/mol. The van der Waals surface area contributed by atoms with Crippen LogP contribution in [0, 0.1) is 0 Å². The Morgan fingerprint density at radius 1 is 0.529 bits per heavy atom. The number of aromatic nitrogens is 3. The Kier molecular flexibility index (Phi) is 11.5. The molecule has 0 bridgehead atoms. The molecule has 1 aliphatic carbocycles. The topological polar surface area (TPSA) is 30.2 Å². The lowest BCUT2D eigenvalue weighted by Gasteiger charge is -2.34. The fourth-order valence-corrected chi connectivity index (χ4v) is 13.0. The number of nitrogens with zero attached hydrogens (tertiary/aromatic N) is 3. The molecule has 8 aromatic carbocycles. The SMILES string of the molecule is C/C=C\C(=C/C)c1nc2ccc(-c3ccc4c(c3)C(c3ccccc3)(c3ccccc3)c3cc(-c5ccc(P(C(/C=C\C)=C/CC)c6ccccc6)cc5)ccc3-4)cc2c2nc3ccccc3n12. The van der Waals surface area contributed by atoms with E-state index in [2.05, 4.69) is 256 Å². The highest BCUT2D eigenvalue weighted by Crippen LogP contribution is 2.57. The highest BCUT2D eigenvalue weighted by atomic mass is 31.1. The molecule has 0 N–H and O–H groups in total. The molecule has 0 saturated heterocycles. The Hall–Kier alpha value is -7.71. The normalized spacial score (nSPS) is 14.1. The quantitative estimate of drug-likeness (QED) is 0.0956. The van der Waals surface area contributed by atoms with Crippen LogP contribution in [0.5, 0.6) is 0 Å². The van der Waals surface area contributed by atoms with E-state index in [4.69, 9.17) is 9.97 Å². The summed E-state index contributed by atoms with van der Waals surface area (Å²) in [6.45, 7) is 8.46. The van der Waals surface area contributed by atoms with Crippen LogP contribution in [0.1, 0.15) is 62.2 Å². The Labute approximate surface area is 401 Å². The predicted molar refractivity (Wildman–Crippen MR) is 290 cm³/mol. The maximum Gasteiger partial charge on any atom is 0.149 e. The molecule has 2 aromatic heterocycles. The molecule has 0 amide bonds. The van der Waals surface area contributed by atoms with Gasteiger partial charge in [-0.1, -0.05) is 201 Å². The molecular weight excluding hydrogens is 842 g/mol. The van der Waals surface area contributed by atoms with Crippen LogP contribution in [-0.2, 0) is 5.41 Å².